The molecule has 0 N–H and O–H groups in total. The zero-order valence-corrected chi connectivity index (χ0v) is 19.8. The molecule has 8 nitrogen and oxygen atoms in total. The first-order valence-electron chi connectivity index (χ1n) is 10.2. The number of aromatic nitrogens is 3. The Kier molecular flexibility index (Phi) is 5.42. The van der Waals surface area contributed by atoms with Crippen LogP contribution in [0.2, 0.25) is 0 Å². The first kappa shape index (κ1) is 21.0. The Labute approximate surface area is 197 Å². The molecule has 32 heavy (non-hydrogen) atoms. The molecule has 0 spiro atoms. The number of fused-ring (bicyclic) bond motifs is 4. The third-order valence-electron chi connectivity index (χ3n) is 5.33. The van der Waals surface area contributed by atoms with E-state index in [9.17, 15) is 9.90 Å². The van der Waals surface area contributed by atoms with Gasteiger partial charge in [-0.25, -0.2) is 9.88 Å². The summed E-state index contributed by atoms with van der Waals surface area (Å²) in [4.78, 5) is 19.2. The number of hydrogen-bond donors (Lipinski definition) is 0. The van der Waals surface area contributed by atoms with Gasteiger partial charge in [0.05, 0.1) is 22.7 Å². The molecule has 2 aliphatic heterocycles. The molecule has 1 aromatic heterocycles. The zero-order chi connectivity index (χ0) is 22.4. The van der Waals surface area contributed by atoms with Crippen molar-refractivity contribution in [1.82, 2.24) is 10.1 Å². The van der Waals surface area contributed by atoms with E-state index < -0.39 is 6.17 Å². The van der Waals surface area contributed by atoms with Crippen molar-refractivity contribution in [3.63, 3.8) is 0 Å². The van der Waals surface area contributed by atoms with Crippen LogP contribution in [-0.2, 0) is 4.79 Å². The first-order valence-corrected chi connectivity index (χ1v) is 12.0. The summed E-state index contributed by atoms with van der Waals surface area (Å²) in [6.45, 7) is 3.91. The maximum atomic E-state index is 13.3. The molecule has 3 aromatic rings. The highest BCUT2D eigenvalue weighted by Gasteiger charge is 2.45. The van der Waals surface area contributed by atoms with E-state index in [1.807, 2.05) is 50.2 Å². The lowest BCUT2D eigenvalue weighted by molar-refractivity contribution is -0.764. The zero-order valence-electron chi connectivity index (χ0n) is 17.4. The maximum Gasteiger partial charge on any atom is 0.294 e. The maximum absolute atomic E-state index is 13.3. The van der Waals surface area contributed by atoms with Gasteiger partial charge < -0.3 is 14.6 Å². The summed E-state index contributed by atoms with van der Waals surface area (Å²) in [6, 6.07) is 11.0. The van der Waals surface area contributed by atoms with Gasteiger partial charge in [-0.05, 0) is 30.0 Å². The quantitative estimate of drug-likeness (QED) is 0.389. The Morgan fingerprint density at radius 3 is 2.78 bits per heavy atom. The van der Waals surface area contributed by atoms with Crippen molar-refractivity contribution in [3.05, 3.63) is 46.4 Å². The van der Waals surface area contributed by atoms with Crippen LogP contribution in [-0.4, -0.2) is 28.5 Å². The number of ether oxygens (including phenoxy) is 2. The van der Waals surface area contributed by atoms with Crippen LogP contribution in [0.1, 0.15) is 32.0 Å². The summed E-state index contributed by atoms with van der Waals surface area (Å²) in [5.41, 5.74) is 2.34. The average molecular weight is 515 g/mol. The number of para-hydroxylation sites is 1. The van der Waals surface area contributed by atoms with Gasteiger partial charge in [-0.3, -0.25) is 4.79 Å². The lowest BCUT2D eigenvalue weighted by Gasteiger charge is -2.33. The van der Waals surface area contributed by atoms with E-state index in [0.717, 1.165) is 5.56 Å². The monoisotopic (exact) mass is 514 g/mol. The Morgan fingerprint density at radius 1 is 1.28 bits per heavy atom. The molecular weight excluding hydrogens is 496 g/mol. The third-order valence-corrected chi connectivity index (χ3v) is 6.74. The van der Waals surface area contributed by atoms with Crippen LogP contribution >= 0.6 is 27.7 Å². The molecule has 2 aliphatic rings. The molecule has 0 aliphatic carbocycles. The molecule has 10 heteroatoms. The normalized spacial score (nSPS) is 16.0. The number of halogens is 1. The van der Waals surface area contributed by atoms with Crippen molar-refractivity contribution in [2.75, 3.05) is 17.4 Å². The van der Waals surface area contributed by atoms with E-state index in [2.05, 4.69) is 20.9 Å². The lowest BCUT2D eigenvalue weighted by atomic mass is 10.0. The minimum atomic E-state index is -0.705. The van der Waals surface area contributed by atoms with Crippen LogP contribution in [0.3, 0.4) is 0 Å². The van der Waals surface area contributed by atoms with E-state index in [1.165, 1.54) is 11.8 Å². The number of carbonyl (C=O) groups is 1. The number of anilines is 1. The number of nitrogens with zero attached hydrogens (tertiary/aromatic N) is 4. The second-order valence-electron chi connectivity index (χ2n) is 7.16. The molecule has 1 unspecified atom stereocenters. The van der Waals surface area contributed by atoms with Gasteiger partial charge in [-0.15, -0.1) is 0 Å². The van der Waals surface area contributed by atoms with Gasteiger partial charge in [-0.1, -0.05) is 58.4 Å². The van der Waals surface area contributed by atoms with Crippen molar-refractivity contribution in [2.45, 2.75) is 31.6 Å². The summed E-state index contributed by atoms with van der Waals surface area (Å²) in [7, 11) is 0. The van der Waals surface area contributed by atoms with E-state index >= 15 is 0 Å². The fraction of sp³-hybridized carbons (Fsp3) is 0.273. The third kappa shape index (κ3) is 3.29. The van der Waals surface area contributed by atoms with Crippen LogP contribution in [0, 0.1) is 0 Å². The van der Waals surface area contributed by atoms with Gasteiger partial charge in [0.15, 0.2) is 11.5 Å². The second kappa shape index (κ2) is 8.25. The summed E-state index contributed by atoms with van der Waals surface area (Å²) < 4.78 is 13.4. The van der Waals surface area contributed by atoms with Gasteiger partial charge in [0.2, 0.25) is 12.7 Å². The topological polar surface area (TPSA) is 91.5 Å². The standard InChI is InChI=1S/C22H19BrN4O4S/c1-3-18(28)26-15-8-6-5-7-12(15)19-20(29)24-22(32-4-2)25-27(19)21(26)13-9-16-17(10-14(13)23)31-11-30-16/h5-10,21H,3-4,11H2,1-2H3. The molecule has 0 saturated heterocycles. The average Bonchev–Trinajstić information content (AvgIpc) is 3.24. The second-order valence-corrected chi connectivity index (χ2v) is 9.25. The Bertz CT molecular complexity index is 1240. The molecule has 1 atom stereocenters. The molecule has 3 heterocycles. The van der Waals surface area contributed by atoms with Crippen molar-refractivity contribution in [1.29, 1.82) is 0 Å². The summed E-state index contributed by atoms with van der Waals surface area (Å²) >= 11 is 5.01. The smallest absolute Gasteiger partial charge is 0.294 e. The number of amides is 1. The minimum absolute atomic E-state index is 0.0964. The molecule has 0 saturated carbocycles. The largest absolute Gasteiger partial charge is 0.854 e. The number of carbonyl (C=O) groups excluding carboxylic acids is 1. The highest BCUT2D eigenvalue weighted by molar-refractivity contribution is 9.10. The predicted octanol–water partition coefficient (Wildman–Crippen LogP) is 3.41. The molecule has 0 bridgehead atoms. The first-order chi connectivity index (χ1) is 15.5. The van der Waals surface area contributed by atoms with E-state index in [0.29, 0.717) is 43.8 Å². The van der Waals surface area contributed by atoms with Crippen LogP contribution in [0.4, 0.5) is 5.69 Å². The fourth-order valence-electron chi connectivity index (χ4n) is 3.98. The summed E-state index contributed by atoms with van der Waals surface area (Å²) in [5.74, 6) is 1.43. The van der Waals surface area contributed by atoms with E-state index in [-0.39, 0.29) is 25.0 Å². The predicted molar refractivity (Wildman–Crippen MR) is 120 cm³/mol. The fourth-order valence-corrected chi connectivity index (χ4v) is 5.05. The Balaban J connectivity index is 1.83. The number of thioether (sulfide) groups is 1. The highest BCUT2D eigenvalue weighted by Crippen LogP contribution is 2.45. The van der Waals surface area contributed by atoms with Crippen molar-refractivity contribution in [2.24, 2.45) is 0 Å². The number of rotatable bonds is 4. The van der Waals surface area contributed by atoms with Crippen LogP contribution in [0.5, 0.6) is 17.4 Å². The summed E-state index contributed by atoms with van der Waals surface area (Å²) in [6.07, 6.45) is -0.419. The van der Waals surface area contributed by atoms with Crippen molar-refractivity contribution >= 4 is 39.3 Å². The van der Waals surface area contributed by atoms with Crippen molar-refractivity contribution in [3.8, 4) is 28.6 Å². The van der Waals surface area contributed by atoms with E-state index in [4.69, 9.17) is 14.6 Å². The molecule has 2 aromatic carbocycles. The minimum Gasteiger partial charge on any atom is -0.854 e. The molecule has 0 radical (unpaired) electrons. The lowest BCUT2D eigenvalue weighted by Crippen LogP contribution is -2.59. The van der Waals surface area contributed by atoms with Gasteiger partial charge >= 0.3 is 0 Å². The molecular formula is C22H19BrN4O4S. The number of hydrogen-bond acceptors (Lipinski definition) is 7. The van der Waals surface area contributed by atoms with E-state index in [1.54, 1.807) is 9.58 Å². The van der Waals surface area contributed by atoms with Crippen molar-refractivity contribution < 1.29 is 24.1 Å². The van der Waals surface area contributed by atoms with Crippen LogP contribution in [0.15, 0.2) is 46.0 Å². The van der Waals surface area contributed by atoms with Crippen LogP contribution < -0.4 is 24.2 Å². The summed E-state index contributed by atoms with van der Waals surface area (Å²) in [5, 5.41) is 18.2. The van der Waals surface area contributed by atoms with Crippen LogP contribution in [0.25, 0.3) is 11.3 Å². The van der Waals surface area contributed by atoms with Gasteiger partial charge in [-0.2, -0.15) is 0 Å². The Hall–Kier alpha value is -2.85. The SMILES string of the molecule is CCSc1nc([O-])c2[n+](n1)C(c1cc3c(cc1Br)OCO3)N(C(=O)CC)c1ccccc1-2. The number of benzene rings is 2. The Morgan fingerprint density at radius 2 is 2.03 bits per heavy atom. The van der Waals surface area contributed by atoms with Gasteiger partial charge in [0.1, 0.15) is 0 Å². The molecule has 5 rings (SSSR count). The van der Waals surface area contributed by atoms with Gasteiger partial charge in [0, 0.05) is 16.0 Å². The van der Waals surface area contributed by atoms with Gasteiger partial charge in [0.25, 0.3) is 17.0 Å². The molecule has 164 valence electrons. The highest BCUT2D eigenvalue weighted by atomic mass is 79.9. The molecule has 1 amide bonds. The molecule has 0 fully saturated rings.